The molecule has 1 aromatic carbocycles. The van der Waals surface area contributed by atoms with Gasteiger partial charge in [0.15, 0.2) is 0 Å². The molecule has 1 aliphatic heterocycles. The van der Waals surface area contributed by atoms with Crippen LogP contribution in [0.5, 0.6) is 0 Å². The van der Waals surface area contributed by atoms with Crippen LogP contribution in [0.15, 0.2) is 28.7 Å². The van der Waals surface area contributed by atoms with E-state index in [1.54, 1.807) is 6.92 Å². The third-order valence-electron chi connectivity index (χ3n) is 4.09. The number of rotatable bonds is 4. The molecule has 1 N–H and O–H groups in total. The van der Waals surface area contributed by atoms with Gasteiger partial charge in [0.1, 0.15) is 0 Å². The fourth-order valence-electron chi connectivity index (χ4n) is 3.06. The average molecular weight is 376 g/mol. The number of nitrogens with zero attached hydrogens (tertiary/aromatic N) is 1. The predicted molar refractivity (Wildman–Crippen MR) is 87.5 cm³/mol. The number of piperidine rings is 1. The van der Waals surface area contributed by atoms with Crippen molar-refractivity contribution in [2.45, 2.75) is 31.8 Å². The summed E-state index contributed by atoms with van der Waals surface area (Å²) in [6, 6.07) is 7.63. The summed E-state index contributed by atoms with van der Waals surface area (Å²) in [4.78, 5) is 0. The predicted octanol–water partition coefficient (Wildman–Crippen LogP) is 2.72. The van der Waals surface area contributed by atoms with Crippen LogP contribution in [0.4, 0.5) is 0 Å². The van der Waals surface area contributed by atoms with Crippen LogP contribution in [0.1, 0.15) is 31.7 Å². The summed E-state index contributed by atoms with van der Waals surface area (Å²) >= 11 is 3.47. The molecule has 0 spiro atoms. The van der Waals surface area contributed by atoms with Gasteiger partial charge >= 0.3 is 0 Å². The van der Waals surface area contributed by atoms with E-state index in [1.807, 2.05) is 24.3 Å². The highest BCUT2D eigenvalue weighted by molar-refractivity contribution is 9.10. The van der Waals surface area contributed by atoms with Crippen LogP contribution in [0, 0.1) is 5.92 Å². The zero-order chi connectivity index (χ0) is 15.7. The molecule has 1 aliphatic rings. The topological polar surface area (TPSA) is 57.6 Å². The lowest BCUT2D eigenvalue weighted by atomic mass is 9.83. The molecule has 4 nitrogen and oxygen atoms in total. The number of hydrogen-bond acceptors (Lipinski definition) is 3. The van der Waals surface area contributed by atoms with Crippen LogP contribution in [-0.2, 0) is 15.6 Å². The Bertz CT molecular complexity index is 601. The molecule has 0 aliphatic carbocycles. The van der Waals surface area contributed by atoms with Crippen LogP contribution in [0.2, 0.25) is 0 Å². The Balaban J connectivity index is 2.12. The highest BCUT2D eigenvalue weighted by Gasteiger charge is 2.33. The standard InChI is InChI=1S/C15H22BrNO3S/c1-15(18,13-7-3-4-8-14(13)16)10-12-6-5-9-17(11-12)21(2,19)20/h3-4,7-8,12,18H,5-6,9-11H2,1-2H3. The highest BCUT2D eigenvalue weighted by Crippen LogP contribution is 2.36. The molecule has 0 saturated carbocycles. The smallest absolute Gasteiger partial charge is 0.211 e. The summed E-state index contributed by atoms with van der Waals surface area (Å²) < 4.78 is 25.8. The Hall–Kier alpha value is -0.430. The lowest BCUT2D eigenvalue weighted by Gasteiger charge is -2.35. The molecule has 2 atom stereocenters. The van der Waals surface area contributed by atoms with Crippen molar-refractivity contribution in [3.05, 3.63) is 34.3 Å². The molecule has 2 rings (SSSR count). The van der Waals surface area contributed by atoms with Crippen molar-refractivity contribution in [3.8, 4) is 0 Å². The first kappa shape index (κ1) is 16.9. The minimum atomic E-state index is -3.14. The molecular formula is C15H22BrNO3S. The highest BCUT2D eigenvalue weighted by atomic mass is 79.9. The van der Waals surface area contributed by atoms with E-state index < -0.39 is 15.6 Å². The molecule has 0 aromatic heterocycles. The molecule has 0 radical (unpaired) electrons. The molecule has 1 heterocycles. The van der Waals surface area contributed by atoms with Gasteiger partial charge in [-0.3, -0.25) is 0 Å². The Morgan fingerprint density at radius 2 is 2.10 bits per heavy atom. The second-order valence-electron chi connectivity index (χ2n) is 6.09. The summed E-state index contributed by atoms with van der Waals surface area (Å²) in [7, 11) is -3.14. The molecule has 21 heavy (non-hydrogen) atoms. The first-order valence-corrected chi connectivity index (χ1v) is 9.77. The Morgan fingerprint density at radius 1 is 1.43 bits per heavy atom. The second-order valence-corrected chi connectivity index (χ2v) is 8.92. The molecule has 118 valence electrons. The molecule has 1 fully saturated rings. The maximum absolute atomic E-state index is 11.7. The Morgan fingerprint density at radius 3 is 2.71 bits per heavy atom. The molecule has 2 unspecified atom stereocenters. The zero-order valence-corrected chi connectivity index (χ0v) is 14.8. The lowest BCUT2D eigenvalue weighted by Crippen LogP contribution is -2.41. The van der Waals surface area contributed by atoms with E-state index in [1.165, 1.54) is 10.6 Å². The largest absolute Gasteiger partial charge is 0.385 e. The van der Waals surface area contributed by atoms with Crippen molar-refractivity contribution in [1.29, 1.82) is 0 Å². The fourth-order valence-corrected chi connectivity index (χ4v) is 4.72. The minimum absolute atomic E-state index is 0.176. The van der Waals surface area contributed by atoms with E-state index in [4.69, 9.17) is 0 Å². The van der Waals surface area contributed by atoms with E-state index in [9.17, 15) is 13.5 Å². The number of benzene rings is 1. The molecule has 1 saturated heterocycles. The summed E-state index contributed by atoms with van der Waals surface area (Å²) in [6.07, 6.45) is 3.61. The van der Waals surface area contributed by atoms with Crippen LogP contribution < -0.4 is 0 Å². The fraction of sp³-hybridized carbons (Fsp3) is 0.600. The maximum atomic E-state index is 11.7. The van der Waals surface area contributed by atoms with E-state index in [0.717, 1.165) is 22.9 Å². The lowest BCUT2D eigenvalue weighted by molar-refractivity contribution is 0.0205. The van der Waals surface area contributed by atoms with E-state index >= 15 is 0 Å². The minimum Gasteiger partial charge on any atom is -0.385 e. The monoisotopic (exact) mass is 375 g/mol. The first-order chi connectivity index (χ1) is 9.70. The molecule has 1 aromatic rings. The Kier molecular flexibility index (Phi) is 5.13. The third-order valence-corrected chi connectivity index (χ3v) is 6.05. The van der Waals surface area contributed by atoms with Gasteiger partial charge in [0.2, 0.25) is 10.0 Å². The van der Waals surface area contributed by atoms with Gasteiger partial charge in [-0.2, -0.15) is 0 Å². The van der Waals surface area contributed by atoms with Crippen molar-refractivity contribution in [2.75, 3.05) is 19.3 Å². The van der Waals surface area contributed by atoms with Crippen molar-refractivity contribution in [3.63, 3.8) is 0 Å². The summed E-state index contributed by atoms with van der Waals surface area (Å²) in [5.74, 6) is 0.176. The SMILES string of the molecule is CC(O)(CC1CCCN(S(C)(=O)=O)C1)c1ccccc1Br. The Labute approximate surface area is 135 Å². The number of hydrogen-bond donors (Lipinski definition) is 1. The van der Waals surface area contributed by atoms with Gasteiger partial charge < -0.3 is 5.11 Å². The van der Waals surface area contributed by atoms with Gasteiger partial charge in [0.05, 0.1) is 11.9 Å². The third kappa shape index (κ3) is 4.28. The number of halogens is 1. The first-order valence-electron chi connectivity index (χ1n) is 7.12. The quantitative estimate of drug-likeness (QED) is 0.879. The van der Waals surface area contributed by atoms with Crippen molar-refractivity contribution < 1.29 is 13.5 Å². The van der Waals surface area contributed by atoms with Gasteiger partial charge in [-0.25, -0.2) is 12.7 Å². The number of aliphatic hydroxyl groups is 1. The van der Waals surface area contributed by atoms with Gasteiger partial charge in [-0.1, -0.05) is 34.1 Å². The van der Waals surface area contributed by atoms with Gasteiger partial charge in [-0.05, 0) is 43.7 Å². The van der Waals surface area contributed by atoms with Crippen molar-refractivity contribution >= 4 is 26.0 Å². The molecular weight excluding hydrogens is 354 g/mol. The van der Waals surface area contributed by atoms with Gasteiger partial charge in [0.25, 0.3) is 0 Å². The van der Waals surface area contributed by atoms with Crippen LogP contribution >= 0.6 is 15.9 Å². The molecule has 6 heteroatoms. The summed E-state index contributed by atoms with van der Waals surface area (Å²) in [5.41, 5.74) is -0.118. The normalized spacial score (nSPS) is 23.7. The van der Waals surface area contributed by atoms with Crippen LogP contribution in [-0.4, -0.2) is 37.2 Å². The van der Waals surface area contributed by atoms with Gasteiger partial charge in [-0.15, -0.1) is 0 Å². The number of sulfonamides is 1. The zero-order valence-electron chi connectivity index (χ0n) is 12.4. The average Bonchev–Trinajstić information content (AvgIpc) is 2.37. The van der Waals surface area contributed by atoms with E-state index in [2.05, 4.69) is 15.9 Å². The van der Waals surface area contributed by atoms with Gasteiger partial charge in [0, 0.05) is 17.6 Å². The van der Waals surface area contributed by atoms with Crippen molar-refractivity contribution in [2.24, 2.45) is 5.92 Å². The van der Waals surface area contributed by atoms with Crippen LogP contribution in [0.25, 0.3) is 0 Å². The maximum Gasteiger partial charge on any atom is 0.211 e. The van der Waals surface area contributed by atoms with Crippen molar-refractivity contribution in [1.82, 2.24) is 4.31 Å². The van der Waals surface area contributed by atoms with E-state index in [-0.39, 0.29) is 5.92 Å². The molecule has 0 bridgehead atoms. The summed E-state index contributed by atoms with van der Waals surface area (Å²) in [5, 5.41) is 10.8. The molecule has 0 amide bonds. The summed E-state index contributed by atoms with van der Waals surface area (Å²) in [6.45, 7) is 2.89. The second kappa shape index (κ2) is 6.36. The van der Waals surface area contributed by atoms with E-state index in [0.29, 0.717) is 19.5 Å². The van der Waals surface area contributed by atoms with Crippen LogP contribution in [0.3, 0.4) is 0 Å².